The Morgan fingerprint density at radius 1 is 1.14 bits per heavy atom. The fourth-order valence-corrected chi connectivity index (χ4v) is 5.71. The third-order valence-corrected chi connectivity index (χ3v) is 8.58. The molecule has 2 saturated heterocycles. The lowest BCUT2D eigenvalue weighted by Crippen LogP contribution is -2.49. The smallest absolute Gasteiger partial charge is 0.311 e. The third kappa shape index (κ3) is 6.59. The zero-order valence-corrected chi connectivity index (χ0v) is 22.8. The molecule has 1 unspecified atom stereocenters. The molecule has 3 heterocycles. The predicted octanol–water partition coefficient (Wildman–Crippen LogP) is 4.33. The highest BCUT2D eigenvalue weighted by Crippen LogP contribution is 2.37. The first-order valence-corrected chi connectivity index (χ1v) is 13.6. The van der Waals surface area contributed by atoms with Gasteiger partial charge >= 0.3 is 5.97 Å². The molecule has 35 heavy (non-hydrogen) atoms. The minimum atomic E-state index is -1.25. The molecular weight excluding hydrogens is 466 g/mol. The number of Topliss-reactive ketones (excluding diaryl/α,β-unsaturated/α-hetero) is 1. The number of ether oxygens (including phenoxy) is 2. The zero-order chi connectivity index (χ0) is 26.1. The van der Waals surface area contributed by atoms with E-state index in [1.54, 1.807) is 39.0 Å². The van der Waals surface area contributed by atoms with Gasteiger partial charge in [0.05, 0.1) is 46.5 Å². The van der Waals surface area contributed by atoms with Crippen LogP contribution in [0.4, 0.5) is 0 Å². The number of rotatable bonds is 2. The Bertz CT molecular complexity index is 940. The summed E-state index contributed by atoms with van der Waals surface area (Å²) >= 11 is 1.56. The Hall–Kier alpha value is -1.61. The summed E-state index contributed by atoms with van der Waals surface area (Å²) in [4.78, 5) is 31.0. The van der Waals surface area contributed by atoms with Crippen LogP contribution in [0.3, 0.4) is 0 Å². The first-order chi connectivity index (χ1) is 16.3. The molecule has 2 N–H and O–H groups in total. The summed E-state index contributed by atoms with van der Waals surface area (Å²) in [6.07, 6.45) is 2.50. The van der Waals surface area contributed by atoms with E-state index >= 15 is 0 Å². The minimum absolute atomic E-state index is 0.00127. The molecule has 2 aliphatic heterocycles. The van der Waals surface area contributed by atoms with Crippen molar-refractivity contribution in [3.8, 4) is 0 Å². The van der Waals surface area contributed by atoms with Gasteiger partial charge in [0.2, 0.25) is 0 Å². The standard InChI is InChI=1S/C27H41NO6S/c1-14-9-8-10-20-22(33-20)12-21(15(2)11-19-13-35-18(5)28-19)34-26(32)17(4)25(31)27(6,7)24(30)16(3)23(14)29/h11,13-14,16-17,20-23,25,29,31H,8-10,12H2,1-7H3/t14-,16+,17?,20+,21-,22-,23-,25-/m0/s1. The first-order valence-electron chi connectivity index (χ1n) is 12.7. The van der Waals surface area contributed by atoms with E-state index in [0.29, 0.717) is 6.42 Å². The molecule has 3 rings (SSSR count). The molecule has 0 saturated carbocycles. The fourth-order valence-electron chi connectivity index (χ4n) is 5.14. The topological polar surface area (TPSA) is 109 Å². The van der Waals surface area contributed by atoms with Gasteiger partial charge in [-0.25, -0.2) is 4.98 Å². The summed E-state index contributed by atoms with van der Waals surface area (Å²) < 4.78 is 11.8. The van der Waals surface area contributed by atoms with Gasteiger partial charge in [0.15, 0.2) is 0 Å². The van der Waals surface area contributed by atoms with E-state index in [4.69, 9.17) is 9.47 Å². The van der Waals surface area contributed by atoms with E-state index in [-0.39, 0.29) is 23.9 Å². The maximum Gasteiger partial charge on any atom is 0.311 e. The van der Waals surface area contributed by atoms with Crippen LogP contribution >= 0.6 is 11.3 Å². The van der Waals surface area contributed by atoms with Crippen LogP contribution in [0, 0.1) is 30.1 Å². The van der Waals surface area contributed by atoms with Crippen LogP contribution in [0.15, 0.2) is 11.0 Å². The number of fused-ring (bicyclic) bond motifs is 1. The lowest BCUT2D eigenvalue weighted by molar-refractivity contribution is -0.162. The third-order valence-electron chi connectivity index (χ3n) is 7.79. The highest BCUT2D eigenvalue weighted by molar-refractivity contribution is 7.09. The molecule has 8 atom stereocenters. The lowest BCUT2D eigenvalue weighted by atomic mass is 9.71. The number of nitrogens with zero attached hydrogens (tertiary/aromatic N) is 1. The molecule has 0 aromatic carbocycles. The molecule has 0 amide bonds. The van der Waals surface area contributed by atoms with Crippen LogP contribution in [0.5, 0.6) is 0 Å². The molecule has 1 aromatic heterocycles. The molecular formula is C27H41NO6S. The Balaban J connectivity index is 1.87. The number of carbonyl (C=O) groups is 2. The number of aliphatic hydroxyl groups excluding tert-OH is 2. The predicted molar refractivity (Wildman–Crippen MR) is 136 cm³/mol. The van der Waals surface area contributed by atoms with Crippen molar-refractivity contribution in [3.05, 3.63) is 21.7 Å². The number of carbonyl (C=O) groups excluding carboxylic acids is 2. The largest absolute Gasteiger partial charge is 0.457 e. The fraction of sp³-hybridized carbons (Fsp3) is 0.741. The van der Waals surface area contributed by atoms with Crippen LogP contribution in [-0.4, -0.2) is 57.5 Å². The second-order valence-electron chi connectivity index (χ2n) is 11.1. The van der Waals surface area contributed by atoms with Crippen molar-refractivity contribution in [2.45, 2.75) is 105 Å². The summed E-state index contributed by atoms with van der Waals surface area (Å²) in [5.74, 6) is -2.45. The number of thiazole rings is 1. The normalized spacial score (nSPS) is 37.5. The highest BCUT2D eigenvalue weighted by Gasteiger charge is 2.46. The maximum absolute atomic E-state index is 13.3. The second kappa shape index (κ2) is 11.2. The number of cyclic esters (lactones) is 1. The average molecular weight is 508 g/mol. The van der Waals surface area contributed by atoms with Crippen molar-refractivity contribution >= 4 is 29.2 Å². The summed E-state index contributed by atoms with van der Waals surface area (Å²) in [5, 5.41) is 24.8. The zero-order valence-electron chi connectivity index (χ0n) is 22.0. The SMILES string of the molecule is CC(=Cc1csc(C)n1)[C@@H]1C[C@@H]2O[C@@H]2CCC[C@H](C)[C@H](O)[C@@H](C)C(=O)C(C)(C)[C@@H](O)C(C)C(=O)O1. The highest BCUT2D eigenvalue weighted by atomic mass is 32.1. The number of aryl methyl sites for hydroxylation is 1. The van der Waals surface area contributed by atoms with Crippen LogP contribution in [-0.2, 0) is 19.1 Å². The van der Waals surface area contributed by atoms with E-state index in [1.807, 2.05) is 32.2 Å². The molecule has 0 radical (unpaired) electrons. The number of ketones is 1. The number of epoxide rings is 1. The molecule has 0 aliphatic carbocycles. The quantitative estimate of drug-likeness (QED) is 0.453. The monoisotopic (exact) mass is 507 g/mol. The van der Waals surface area contributed by atoms with Crippen molar-refractivity contribution in [3.63, 3.8) is 0 Å². The van der Waals surface area contributed by atoms with Gasteiger partial charge < -0.3 is 19.7 Å². The Labute approximate surface area is 212 Å². The molecule has 0 bridgehead atoms. The number of esters is 1. The van der Waals surface area contributed by atoms with Gasteiger partial charge in [0.25, 0.3) is 0 Å². The number of aromatic nitrogens is 1. The lowest BCUT2D eigenvalue weighted by Gasteiger charge is -2.36. The molecule has 196 valence electrons. The first kappa shape index (κ1) is 28.0. The van der Waals surface area contributed by atoms with Gasteiger partial charge in [-0.05, 0) is 51.2 Å². The van der Waals surface area contributed by atoms with Crippen molar-refractivity contribution in [1.82, 2.24) is 4.98 Å². The Morgan fingerprint density at radius 3 is 2.46 bits per heavy atom. The van der Waals surface area contributed by atoms with Gasteiger partial charge in [0, 0.05) is 17.7 Å². The van der Waals surface area contributed by atoms with E-state index in [1.165, 1.54) is 0 Å². The van der Waals surface area contributed by atoms with E-state index < -0.39 is 41.5 Å². The number of hydrogen-bond donors (Lipinski definition) is 2. The average Bonchev–Trinajstić information content (AvgIpc) is 3.42. The van der Waals surface area contributed by atoms with Crippen molar-refractivity contribution in [2.24, 2.45) is 23.2 Å². The van der Waals surface area contributed by atoms with Gasteiger partial charge in [0.1, 0.15) is 11.9 Å². The van der Waals surface area contributed by atoms with Gasteiger partial charge in [-0.3, -0.25) is 9.59 Å². The Morgan fingerprint density at radius 2 is 1.83 bits per heavy atom. The van der Waals surface area contributed by atoms with Crippen molar-refractivity contribution in [1.29, 1.82) is 0 Å². The molecule has 2 fully saturated rings. The summed E-state index contributed by atoms with van der Waals surface area (Å²) in [5.41, 5.74) is 0.461. The maximum atomic E-state index is 13.3. The molecule has 8 heteroatoms. The van der Waals surface area contributed by atoms with Crippen LogP contribution in [0.2, 0.25) is 0 Å². The second-order valence-corrected chi connectivity index (χ2v) is 12.1. The summed E-state index contributed by atoms with van der Waals surface area (Å²) in [7, 11) is 0. The van der Waals surface area contributed by atoms with Crippen LogP contribution in [0.1, 0.15) is 77.9 Å². The van der Waals surface area contributed by atoms with Crippen LogP contribution in [0.25, 0.3) is 6.08 Å². The minimum Gasteiger partial charge on any atom is -0.457 e. The Kier molecular flexibility index (Phi) is 8.95. The van der Waals surface area contributed by atoms with E-state index in [2.05, 4.69) is 4.98 Å². The molecule has 1 aromatic rings. The van der Waals surface area contributed by atoms with Crippen molar-refractivity contribution < 1.29 is 29.3 Å². The van der Waals surface area contributed by atoms with Crippen molar-refractivity contribution in [2.75, 3.05) is 0 Å². The van der Waals surface area contributed by atoms with Gasteiger partial charge in [-0.1, -0.05) is 34.1 Å². The number of hydrogen-bond acceptors (Lipinski definition) is 8. The molecule has 7 nitrogen and oxygen atoms in total. The summed E-state index contributed by atoms with van der Waals surface area (Å²) in [6.45, 7) is 12.4. The molecule has 2 aliphatic rings. The molecule has 0 spiro atoms. The van der Waals surface area contributed by atoms with E-state index in [9.17, 15) is 19.8 Å². The summed E-state index contributed by atoms with van der Waals surface area (Å²) in [6, 6.07) is 0. The number of aliphatic hydroxyl groups is 2. The van der Waals surface area contributed by atoms with Gasteiger partial charge in [-0.2, -0.15) is 0 Å². The van der Waals surface area contributed by atoms with Crippen LogP contribution < -0.4 is 0 Å². The van der Waals surface area contributed by atoms with Gasteiger partial charge in [-0.15, -0.1) is 11.3 Å². The van der Waals surface area contributed by atoms with E-state index in [0.717, 1.165) is 35.5 Å².